The number of aliphatic hydroxyl groups is 5. The molecule has 0 spiro atoms. The van der Waals surface area contributed by atoms with Crippen molar-refractivity contribution >= 4 is 5.97 Å². The fourth-order valence-electron chi connectivity index (χ4n) is 3.45. The van der Waals surface area contributed by atoms with Crippen molar-refractivity contribution in [1.82, 2.24) is 0 Å². The second-order valence-electron chi connectivity index (χ2n) is 8.93. The molecule has 0 saturated heterocycles. The molecule has 0 aliphatic rings. The van der Waals surface area contributed by atoms with E-state index in [0.717, 1.165) is 51.7 Å². The highest BCUT2D eigenvalue weighted by Crippen LogP contribution is 2.10. The van der Waals surface area contributed by atoms with Gasteiger partial charge in [-0.3, -0.25) is 4.79 Å². The number of esters is 1. The molecule has 0 aromatic rings. The van der Waals surface area contributed by atoms with E-state index in [4.69, 9.17) is 14.6 Å². The van der Waals surface area contributed by atoms with E-state index >= 15 is 0 Å². The van der Waals surface area contributed by atoms with Crippen LogP contribution in [-0.4, -0.2) is 82.3 Å². The average Bonchev–Trinajstić information content (AvgIpc) is 2.84. The zero-order valence-corrected chi connectivity index (χ0v) is 21.2. The molecule has 0 amide bonds. The Kier molecular flexibility index (Phi) is 23.0. The van der Waals surface area contributed by atoms with Gasteiger partial charge in [0.2, 0.25) is 0 Å². The lowest BCUT2D eigenvalue weighted by Gasteiger charge is -2.25. The maximum Gasteiger partial charge on any atom is 0.305 e. The Hall–Kier alpha value is -1.03. The van der Waals surface area contributed by atoms with Crippen LogP contribution in [0.4, 0.5) is 0 Å². The van der Waals surface area contributed by atoms with E-state index in [2.05, 4.69) is 19.1 Å². The highest BCUT2D eigenvalue weighted by atomic mass is 16.5. The molecule has 202 valence electrons. The molecule has 0 aliphatic heterocycles. The van der Waals surface area contributed by atoms with Gasteiger partial charge in [-0.15, -0.1) is 0 Å². The Labute approximate surface area is 206 Å². The molecule has 34 heavy (non-hydrogen) atoms. The van der Waals surface area contributed by atoms with E-state index in [0.29, 0.717) is 6.42 Å². The molecule has 0 fully saturated rings. The minimum Gasteiger partial charge on any atom is -0.463 e. The number of rotatable bonds is 24. The molecule has 0 rings (SSSR count). The summed E-state index contributed by atoms with van der Waals surface area (Å²) in [6.45, 7) is 2.64. The number of ether oxygens (including phenoxy) is 2. The first-order valence-electron chi connectivity index (χ1n) is 13.2. The third-order valence-corrected chi connectivity index (χ3v) is 5.73. The molecule has 0 radical (unpaired) electrons. The zero-order valence-electron chi connectivity index (χ0n) is 21.2. The first-order valence-corrected chi connectivity index (χ1v) is 13.2. The van der Waals surface area contributed by atoms with Gasteiger partial charge in [-0.05, 0) is 32.1 Å². The Balaban J connectivity index is 3.49. The molecule has 5 N–H and O–H groups in total. The van der Waals surface area contributed by atoms with E-state index < -0.39 is 43.6 Å². The van der Waals surface area contributed by atoms with Gasteiger partial charge in [0, 0.05) is 13.0 Å². The Morgan fingerprint density at radius 2 is 1.32 bits per heavy atom. The lowest BCUT2D eigenvalue weighted by atomic mass is 10.0. The van der Waals surface area contributed by atoms with Crippen LogP contribution < -0.4 is 0 Å². The number of hydrogen-bond acceptors (Lipinski definition) is 8. The van der Waals surface area contributed by atoms with Gasteiger partial charge in [-0.25, -0.2) is 0 Å². The second kappa shape index (κ2) is 23.7. The van der Waals surface area contributed by atoms with Gasteiger partial charge in [0.25, 0.3) is 0 Å². The third kappa shape index (κ3) is 19.3. The molecule has 0 bridgehead atoms. The smallest absolute Gasteiger partial charge is 0.305 e. The zero-order chi connectivity index (χ0) is 25.4. The highest BCUT2D eigenvalue weighted by molar-refractivity contribution is 5.69. The third-order valence-electron chi connectivity index (χ3n) is 5.73. The van der Waals surface area contributed by atoms with Gasteiger partial charge in [-0.1, -0.05) is 70.4 Å². The normalized spacial score (nSPS) is 15.4. The van der Waals surface area contributed by atoms with Crippen molar-refractivity contribution in [1.29, 1.82) is 0 Å². The molecule has 8 nitrogen and oxygen atoms in total. The monoisotopic (exact) mass is 490 g/mol. The summed E-state index contributed by atoms with van der Waals surface area (Å²) in [5, 5.41) is 46.9. The molecular formula is C26H50O8. The number of unbranched alkanes of at least 4 members (excludes halogenated alkanes) is 10. The van der Waals surface area contributed by atoms with Crippen molar-refractivity contribution in [2.45, 2.75) is 121 Å². The van der Waals surface area contributed by atoms with Gasteiger partial charge >= 0.3 is 5.97 Å². The molecule has 0 aromatic heterocycles. The van der Waals surface area contributed by atoms with Gasteiger partial charge < -0.3 is 35.0 Å². The van der Waals surface area contributed by atoms with Crippen molar-refractivity contribution in [2.75, 3.05) is 26.4 Å². The summed E-state index contributed by atoms with van der Waals surface area (Å²) in [5.74, 6) is -0.486. The number of allylic oxidation sites excluding steroid dienone is 1. The first kappa shape index (κ1) is 33.0. The Bertz CT molecular complexity index is 485. The van der Waals surface area contributed by atoms with Crippen LogP contribution in [0.2, 0.25) is 0 Å². The molecule has 0 saturated carbocycles. The maximum absolute atomic E-state index is 11.7. The summed E-state index contributed by atoms with van der Waals surface area (Å²) >= 11 is 0. The van der Waals surface area contributed by atoms with Crippen LogP contribution in [-0.2, 0) is 14.3 Å². The van der Waals surface area contributed by atoms with E-state index in [1.807, 2.05) is 0 Å². The second-order valence-corrected chi connectivity index (χ2v) is 8.93. The van der Waals surface area contributed by atoms with Crippen molar-refractivity contribution < 1.29 is 39.8 Å². The number of aliphatic hydroxyl groups excluding tert-OH is 5. The first-order chi connectivity index (χ1) is 16.4. The van der Waals surface area contributed by atoms with Crippen LogP contribution >= 0.6 is 0 Å². The Morgan fingerprint density at radius 3 is 2.03 bits per heavy atom. The van der Waals surface area contributed by atoms with Crippen LogP contribution in [0.25, 0.3) is 0 Å². The number of hydrogen-bond donors (Lipinski definition) is 5. The van der Waals surface area contributed by atoms with Crippen LogP contribution in [0.15, 0.2) is 12.2 Å². The van der Waals surface area contributed by atoms with Gasteiger partial charge in [-0.2, -0.15) is 0 Å². The van der Waals surface area contributed by atoms with E-state index in [1.54, 1.807) is 0 Å². The van der Waals surface area contributed by atoms with E-state index in [1.165, 1.54) is 38.5 Å². The van der Waals surface area contributed by atoms with Crippen molar-refractivity contribution in [3.05, 3.63) is 12.2 Å². The quantitative estimate of drug-likeness (QED) is 0.0791. The summed E-state index contributed by atoms with van der Waals surface area (Å²) in [6, 6.07) is 0. The van der Waals surface area contributed by atoms with Gasteiger partial charge in [0.05, 0.1) is 13.2 Å². The SMILES string of the molecule is CCCCCCCCCOCC/C=C/CCCCCCC(=O)OCC(O)C(O)C(O)C(O)CO. The molecule has 4 unspecified atom stereocenters. The van der Waals surface area contributed by atoms with Crippen molar-refractivity contribution in [2.24, 2.45) is 0 Å². The molecule has 0 aliphatic carbocycles. The molecule has 4 atom stereocenters. The summed E-state index contributed by atoms with van der Waals surface area (Å²) in [7, 11) is 0. The summed E-state index contributed by atoms with van der Waals surface area (Å²) < 4.78 is 10.6. The standard InChI is InChI=1S/C26H50O8/c1-2-3-4-5-9-12-15-18-33-19-16-13-10-7-6-8-11-14-17-24(30)34-21-23(29)26(32)25(31)22(28)20-27/h10,13,22-23,25-29,31-32H,2-9,11-12,14-21H2,1H3/b13-10+. The minimum atomic E-state index is -1.73. The van der Waals surface area contributed by atoms with Crippen molar-refractivity contribution in [3.63, 3.8) is 0 Å². The predicted molar refractivity (Wildman–Crippen MR) is 132 cm³/mol. The minimum absolute atomic E-state index is 0.219. The molecular weight excluding hydrogens is 440 g/mol. The van der Waals surface area contributed by atoms with Crippen LogP contribution in [0.5, 0.6) is 0 Å². The largest absolute Gasteiger partial charge is 0.463 e. The molecule has 8 heteroatoms. The van der Waals surface area contributed by atoms with E-state index in [9.17, 15) is 25.2 Å². The summed E-state index contributed by atoms with van der Waals surface area (Å²) in [5.41, 5.74) is 0. The summed E-state index contributed by atoms with van der Waals surface area (Å²) in [4.78, 5) is 11.7. The number of carbonyl (C=O) groups excluding carboxylic acids is 1. The lowest BCUT2D eigenvalue weighted by molar-refractivity contribution is -0.156. The summed E-state index contributed by atoms with van der Waals surface area (Å²) in [6.07, 6.45) is 12.7. The van der Waals surface area contributed by atoms with Crippen LogP contribution in [0, 0.1) is 0 Å². The molecule has 0 heterocycles. The van der Waals surface area contributed by atoms with Gasteiger partial charge in [0.1, 0.15) is 31.0 Å². The lowest BCUT2D eigenvalue weighted by Crippen LogP contribution is -2.47. The highest BCUT2D eigenvalue weighted by Gasteiger charge is 2.30. The van der Waals surface area contributed by atoms with Crippen LogP contribution in [0.1, 0.15) is 96.8 Å². The van der Waals surface area contributed by atoms with E-state index in [-0.39, 0.29) is 6.42 Å². The van der Waals surface area contributed by atoms with Gasteiger partial charge in [0.15, 0.2) is 0 Å². The number of carbonyl (C=O) groups is 1. The predicted octanol–water partition coefficient (Wildman–Crippen LogP) is 3.02. The van der Waals surface area contributed by atoms with Crippen LogP contribution in [0.3, 0.4) is 0 Å². The fraction of sp³-hybridized carbons (Fsp3) is 0.885. The Morgan fingerprint density at radius 1 is 0.735 bits per heavy atom. The topological polar surface area (TPSA) is 137 Å². The molecule has 0 aromatic carbocycles. The van der Waals surface area contributed by atoms with Crippen molar-refractivity contribution in [3.8, 4) is 0 Å². The average molecular weight is 491 g/mol. The fourth-order valence-corrected chi connectivity index (χ4v) is 3.45. The maximum atomic E-state index is 11.7.